The van der Waals surface area contributed by atoms with Gasteiger partial charge in [0.15, 0.2) is 5.84 Å². The maximum Gasteiger partial charge on any atom is 0.402 e. The highest BCUT2D eigenvalue weighted by molar-refractivity contribution is 7.87. The molecular weight excluding hydrogens is 313 g/mol. The summed E-state index contributed by atoms with van der Waals surface area (Å²) >= 11 is 0. The van der Waals surface area contributed by atoms with Crippen LogP contribution in [0.3, 0.4) is 0 Å². The number of nitrogens with one attached hydrogen (secondary N) is 2. The molecule has 1 rings (SSSR count). The van der Waals surface area contributed by atoms with E-state index in [1.165, 1.54) is 16.9 Å². The van der Waals surface area contributed by atoms with Crippen molar-refractivity contribution in [3.8, 4) is 0 Å². The van der Waals surface area contributed by atoms with E-state index in [0.717, 1.165) is 0 Å². The van der Waals surface area contributed by atoms with Crippen molar-refractivity contribution in [1.82, 2.24) is 9.44 Å². The molecule has 118 valence electrons. The lowest BCUT2D eigenvalue weighted by Crippen LogP contribution is -2.46. The lowest BCUT2D eigenvalue weighted by atomic mass is 10.1. The molecule has 0 aliphatic heterocycles. The Morgan fingerprint density at radius 1 is 1.33 bits per heavy atom. The van der Waals surface area contributed by atoms with Crippen molar-refractivity contribution >= 4 is 16.0 Å². The Labute approximate surface area is 118 Å². The van der Waals surface area contributed by atoms with Crippen molar-refractivity contribution in [2.24, 2.45) is 10.9 Å². The second-order valence-corrected chi connectivity index (χ2v) is 5.46. The summed E-state index contributed by atoms with van der Waals surface area (Å²) < 4.78 is 62.4. The van der Waals surface area contributed by atoms with Crippen LogP contribution in [-0.4, -0.2) is 32.2 Å². The van der Waals surface area contributed by atoms with Crippen molar-refractivity contribution in [1.29, 1.82) is 0 Å². The highest BCUT2D eigenvalue weighted by Crippen LogP contribution is 2.15. The van der Waals surface area contributed by atoms with E-state index in [0.29, 0.717) is 5.56 Å². The fourth-order valence-corrected chi connectivity index (χ4v) is 2.38. The third-order valence-electron chi connectivity index (χ3n) is 2.28. The molecule has 0 fully saturated rings. The largest absolute Gasteiger partial charge is 0.409 e. The number of hydrogen-bond donors (Lipinski definition) is 4. The minimum Gasteiger partial charge on any atom is -0.409 e. The van der Waals surface area contributed by atoms with E-state index in [-0.39, 0.29) is 0 Å². The van der Waals surface area contributed by atoms with Gasteiger partial charge in [-0.3, -0.25) is 0 Å². The SMILES string of the molecule is N/C(=N/O)C(NS(=O)(=O)NCC(F)(F)F)c1ccccc1. The van der Waals surface area contributed by atoms with Crippen LogP contribution >= 0.6 is 0 Å². The molecule has 0 aromatic heterocycles. The summed E-state index contributed by atoms with van der Waals surface area (Å²) in [7, 11) is -4.51. The molecule has 0 aliphatic carbocycles. The first-order chi connectivity index (χ1) is 9.64. The average molecular weight is 326 g/mol. The van der Waals surface area contributed by atoms with E-state index in [1.54, 1.807) is 18.2 Å². The molecule has 1 aromatic carbocycles. The van der Waals surface area contributed by atoms with Gasteiger partial charge in [0, 0.05) is 0 Å². The van der Waals surface area contributed by atoms with E-state index in [9.17, 15) is 21.6 Å². The molecule has 0 amide bonds. The number of hydrogen-bond acceptors (Lipinski definition) is 4. The van der Waals surface area contributed by atoms with Gasteiger partial charge in [-0.2, -0.15) is 31.0 Å². The van der Waals surface area contributed by atoms with Gasteiger partial charge < -0.3 is 10.9 Å². The highest BCUT2D eigenvalue weighted by atomic mass is 32.2. The zero-order valence-corrected chi connectivity index (χ0v) is 11.3. The summed E-state index contributed by atoms with van der Waals surface area (Å²) in [6.07, 6.45) is -4.70. The topological polar surface area (TPSA) is 117 Å². The third kappa shape index (κ3) is 5.97. The predicted octanol–water partition coefficient (Wildman–Crippen LogP) is 0.460. The molecule has 1 atom stereocenters. The minimum atomic E-state index is -4.70. The quantitative estimate of drug-likeness (QED) is 0.263. The second-order valence-electron chi connectivity index (χ2n) is 3.93. The van der Waals surface area contributed by atoms with Crippen LogP contribution in [0.5, 0.6) is 0 Å². The van der Waals surface area contributed by atoms with Gasteiger partial charge in [-0.05, 0) is 5.56 Å². The van der Waals surface area contributed by atoms with E-state index in [4.69, 9.17) is 10.9 Å². The number of nitrogens with zero attached hydrogens (tertiary/aromatic N) is 1. The van der Waals surface area contributed by atoms with Crippen LogP contribution in [0.1, 0.15) is 11.6 Å². The van der Waals surface area contributed by atoms with Crippen molar-refractivity contribution in [2.45, 2.75) is 12.2 Å². The van der Waals surface area contributed by atoms with Gasteiger partial charge in [-0.25, -0.2) is 0 Å². The van der Waals surface area contributed by atoms with Gasteiger partial charge in [-0.15, -0.1) is 0 Å². The number of amidine groups is 1. The molecule has 0 saturated heterocycles. The Hall–Kier alpha value is -1.85. The number of halogens is 3. The molecule has 5 N–H and O–H groups in total. The van der Waals surface area contributed by atoms with Gasteiger partial charge in [-0.1, -0.05) is 35.5 Å². The first-order valence-corrected chi connectivity index (χ1v) is 6.99. The molecule has 0 heterocycles. The molecule has 0 aliphatic rings. The number of benzene rings is 1. The van der Waals surface area contributed by atoms with Crippen molar-refractivity contribution < 1.29 is 26.8 Å². The summed E-state index contributed by atoms with van der Waals surface area (Å²) in [5, 5.41) is 11.3. The second kappa shape index (κ2) is 6.74. The molecule has 1 unspecified atom stereocenters. The predicted molar refractivity (Wildman–Crippen MR) is 68.7 cm³/mol. The molecule has 0 spiro atoms. The maximum absolute atomic E-state index is 12.0. The zero-order chi connectivity index (χ0) is 16.1. The molecule has 1 aromatic rings. The van der Waals surface area contributed by atoms with Gasteiger partial charge >= 0.3 is 6.18 Å². The Morgan fingerprint density at radius 3 is 2.38 bits per heavy atom. The van der Waals surface area contributed by atoms with E-state index in [2.05, 4.69) is 5.16 Å². The fourth-order valence-electron chi connectivity index (χ4n) is 1.38. The Morgan fingerprint density at radius 2 is 1.90 bits per heavy atom. The number of rotatable bonds is 6. The van der Waals surface area contributed by atoms with Crippen LogP contribution in [0.25, 0.3) is 0 Å². The van der Waals surface area contributed by atoms with E-state index in [1.807, 2.05) is 4.72 Å². The Bertz CT molecular complexity index is 589. The monoisotopic (exact) mass is 326 g/mol. The average Bonchev–Trinajstić information content (AvgIpc) is 2.42. The summed E-state index contributed by atoms with van der Waals surface area (Å²) in [5.74, 6) is -0.515. The van der Waals surface area contributed by atoms with Gasteiger partial charge in [0.25, 0.3) is 10.2 Å². The van der Waals surface area contributed by atoms with Crippen molar-refractivity contribution in [2.75, 3.05) is 6.54 Å². The van der Waals surface area contributed by atoms with Gasteiger partial charge in [0.1, 0.15) is 12.6 Å². The number of alkyl halides is 3. The standard InChI is InChI=1S/C10H13F3N4O3S/c11-10(12,13)6-15-21(19,20)17-8(9(14)16-18)7-4-2-1-3-5-7/h1-5,8,15,17-18H,6H2,(H2,14,16). The molecule has 0 saturated carbocycles. The molecular formula is C10H13F3N4O3S. The summed E-state index contributed by atoms with van der Waals surface area (Å²) in [4.78, 5) is 0. The fraction of sp³-hybridized carbons (Fsp3) is 0.300. The molecule has 0 bridgehead atoms. The highest BCUT2D eigenvalue weighted by Gasteiger charge is 2.31. The van der Waals surface area contributed by atoms with Crippen molar-refractivity contribution in [3.05, 3.63) is 35.9 Å². The maximum atomic E-state index is 12.0. The van der Waals surface area contributed by atoms with Crippen LogP contribution in [0.4, 0.5) is 13.2 Å². The van der Waals surface area contributed by atoms with Crippen LogP contribution in [0.15, 0.2) is 35.5 Å². The number of nitrogens with two attached hydrogens (primary N) is 1. The first-order valence-electron chi connectivity index (χ1n) is 5.50. The zero-order valence-electron chi connectivity index (χ0n) is 10.5. The van der Waals surface area contributed by atoms with Crippen LogP contribution < -0.4 is 15.2 Å². The molecule has 0 radical (unpaired) electrons. The van der Waals surface area contributed by atoms with E-state index >= 15 is 0 Å². The Balaban J connectivity index is 2.92. The third-order valence-corrected chi connectivity index (χ3v) is 3.35. The van der Waals surface area contributed by atoms with Crippen LogP contribution in [0, 0.1) is 0 Å². The van der Waals surface area contributed by atoms with Crippen LogP contribution in [0.2, 0.25) is 0 Å². The van der Waals surface area contributed by atoms with Gasteiger partial charge in [0.2, 0.25) is 0 Å². The van der Waals surface area contributed by atoms with Crippen molar-refractivity contribution in [3.63, 3.8) is 0 Å². The van der Waals surface area contributed by atoms with Gasteiger partial charge in [0.05, 0.1) is 0 Å². The van der Waals surface area contributed by atoms with E-state index < -0.39 is 34.8 Å². The smallest absolute Gasteiger partial charge is 0.402 e. The summed E-state index contributed by atoms with van der Waals surface area (Å²) in [6.45, 7) is -1.74. The minimum absolute atomic E-state index is 0.296. The molecule has 21 heavy (non-hydrogen) atoms. The molecule has 7 nitrogen and oxygen atoms in total. The number of oxime groups is 1. The lowest BCUT2D eigenvalue weighted by molar-refractivity contribution is -0.121. The summed E-state index contributed by atoms with van der Waals surface area (Å²) in [6, 6.07) is 6.39. The first kappa shape index (κ1) is 17.2. The molecule has 11 heteroatoms. The Kier molecular flexibility index (Phi) is 5.52. The lowest BCUT2D eigenvalue weighted by Gasteiger charge is -2.18. The van der Waals surface area contributed by atoms with Crippen LogP contribution in [-0.2, 0) is 10.2 Å². The summed E-state index contributed by atoms with van der Waals surface area (Å²) in [5.41, 5.74) is 5.66. The normalized spacial score (nSPS) is 14.9.